The van der Waals surface area contributed by atoms with Gasteiger partial charge in [-0.2, -0.15) is 0 Å². The molecule has 0 aliphatic rings. The maximum Gasteiger partial charge on any atom is 0.0315 e. The molecule has 76 valence electrons. The second-order valence-electron chi connectivity index (χ2n) is 4.40. The van der Waals surface area contributed by atoms with Crippen LogP contribution in [0.5, 0.6) is 0 Å². The number of halogens is 1. The summed E-state index contributed by atoms with van der Waals surface area (Å²) < 4.78 is 0. The summed E-state index contributed by atoms with van der Waals surface area (Å²) in [5.41, 5.74) is 3.14. The first-order chi connectivity index (χ1) is 4.87. The summed E-state index contributed by atoms with van der Waals surface area (Å²) in [6.45, 7) is 11.0. The molecule has 0 amide bonds. The van der Waals surface area contributed by atoms with E-state index in [4.69, 9.17) is 5.84 Å². The van der Waals surface area contributed by atoms with Crippen LogP contribution in [0, 0.1) is 5.41 Å². The van der Waals surface area contributed by atoms with E-state index in [9.17, 15) is 0 Å². The summed E-state index contributed by atoms with van der Waals surface area (Å²) in [7, 11) is 0. The molecule has 0 atom stereocenters. The SMILES string of the molecule is CCCC(C)(C)C(C)(C)NN.Cl. The van der Waals surface area contributed by atoms with E-state index in [1.165, 1.54) is 12.8 Å². The van der Waals surface area contributed by atoms with E-state index in [-0.39, 0.29) is 23.4 Å². The van der Waals surface area contributed by atoms with Crippen LogP contribution in [0.1, 0.15) is 47.5 Å². The smallest absolute Gasteiger partial charge is 0.0315 e. The fourth-order valence-electron chi connectivity index (χ4n) is 1.13. The third kappa shape index (κ3) is 3.30. The summed E-state index contributed by atoms with van der Waals surface area (Å²) in [5, 5.41) is 0. The molecule has 2 nitrogen and oxygen atoms in total. The molecule has 0 rings (SSSR count). The van der Waals surface area contributed by atoms with E-state index in [1.54, 1.807) is 0 Å². The number of hydrogen-bond acceptors (Lipinski definition) is 2. The number of nitrogens with two attached hydrogens (primary N) is 1. The Balaban J connectivity index is 0. The molecule has 0 heterocycles. The van der Waals surface area contributed by atoms with Crippen molar-refractivity contribution in [3.05, 3.63) is 0 Å². The zero-order valence-corrected chi connectivity index (χ0v) is 9.72. The lowest BCUT2D eigenvalue weighted by atomic mass is 9.72. The second kappa shape index (κ2) is 5.05. The standard InChI is InChI=1S/C9H22N2.ClH/c1-6-7-8(2,3)9(4,5)11-10;/h11H,6-7,10H2,1-5H3;1H. The summed E-state index contributed by atoms with van der Waals surface area (Å²) in [6, 6.07) is 0. The molecule has 0 aromatic carbocycles. The minimum absolute atomic E-state index is 0. The predicted molar refractivity (Wildman–Crippen MR) is 57.3 cm³/mol. The maximum atomic E-state index is 5.47. The molecule has 0 aromatic rings. The van der Waals surface area contributed by atoms with Crippen LogP contribution >= 0.6 is 12.4 Å². The Kier molecular flexibility index (Phi) is 6.20. The van der Waals surface area contributed by atoms with Crippen LogP contribution in [0.3, 0.4) is 0 Å². The van der Waals surface area contributed by atoms with Crippen LogP contribution in [-0.2, 0) is 0 Å². The Bertz CT molecular complexity index is 122. The average molecular weight is 195 g/mol. The molecule has 12 heavy (non-hydrogen) atoms. The van der Waals surface area contributed by atoms with Crippen molar-refractivity contribution in [1.82, 2.24) is 5.43 Å². The van der Waals surface area contributed by atoms with Crippen molar-refractivity contribution in [3.63, 3.8) is 0 Å². The van der Waals surface area contributed by atoms with Crippen LogP contribution in [0.4, 0.5) is 0 Å². The van der Waals surface area contributed by atoms with E-state index in [0.29, 0.717) is 0 Å². The van der Waals surface area contributed by atoms with Crippen molar-refractivity contribution in [1.29, 1.82) is 0 Å². The highest BCUT2D eigenvalue weighted by molar-refractivity contribution is 5.85. The van der Waals surface area contributed by atoms with Crippen LogP contribution in [-0.4, -0.2) is 5.54 Å². The molecule has 0 unspecified atom stereocenters. The average Bonchev–Trinajstić information content (AvgIpc) is 1.87. The molecule has 3 N–H and O–H groups in total. The number of hydrazine groups is 1. The third-order valence-corrected chi connectivity index (χ3v) is 2.93. The van der Waals surface area contributed by atoms with Gasteiger partial charge in [0.2, 0.25) is 0 Å². The Labute approximate surface area is 82.7 Å². The normalized spacial score (nSPS) is 12.5. The zero-order chi connectivity index (χ0) is 9.12. The van der Waals surface area contributed by atoms with Gasteiger partial charge in [-0.3, -0.25) is 11.3 Å². The van der Waals surface area contributed by atoms with Gasteiger partial charge in [0.25, 0.3) is 0 Å². The van der Waals surface area contributed by atoms with Crippen molar-refractivity contribution >= 4 is 12.4 Å². The van der Waals surface area contributed by atoms with Gasteiger partial charge >= 0.3 is 0 Å². The lowest BCUT2D eigenvalue weighted by Crippen LogP contribution is -2.54. The van der Waals surface area contributed by atoms with E-state index in [2.05, 4.69) is 40.0 Å². The molecule has 0 bridgehead atoms. The van der Waals surface area contributed by atoms with Gasteiger partial charge in [-0.1, -0.05) is 27.2 Å². The number of rotatable bonds is 4. The van der Waals surface area contributed by atoms with Gasteiger partial charge in [-0.15, -0.1) is 12.4 Å². The van der Waals surface area contributed by atoms with Crippen LogP contribution < -0.4 is 11.3 Å². The molecule has 0 fully saturated rings. The fraction of sp³-hybridized carbons (Fsp3) is 1.00. The highest BCUT2D eigenvalue weighted by Crippen LogP contribution is 2.34. The van der Waals surface area contributed by atoms with E-state index < -0.39 is 0 Å². The molecule has 0 radical (unpaired) electrons. The Morgan fingerprint density at radius 1 is 1.17 bits per heavy atom. The van der Waals surface area contributed by atoms with Crippen molar-refractivity contribution in [2.45, 2.75) is 53.0 Å². The Hall–Kier alpha value is 0.210. The molecule has 0 spiro atoms. The Morgan fingerprint density at radius 3 is 1.83 bits per heavy atom. The molecule has 0 saturated heterocycles. The molecule has 0 saturated carbocycles. The second-order valence-corrected chi connectivity index (χ2v) is 4.40. The first kappa shape index (κ1) is 14.7. The predicted octanol–water partition coefficient (Wildman–Crippen LogP) is 2.48. The van der Waals surface area contributed by atoms with E-state index in [0.717, 1.165) is 0 Å². The van der Waals surface area contributed by atoms with Crippen molar-refractivity contribution in [3.8, 4) is 0 Å². The molecule has 3 heteroatoms. The highest BCUT2D eigenvalue weighted by Gasteiger charge is 2.34. The van der Waals surface area contributed by atoms with Gasteiger partial charge in [0, 0.05) is 5.54 Å². The quantitative estimate of drug-likeness (QED) is 0.533. The summed E-state index contributed by atoms with van der Waals surface area (Å²) >= 11 is 0. The number of hydrogen-bond donors (Lipinski definition) is 2. The van der Waals surface area contributed by atoms with Gasteiger partial charge in [-0.05, 0) is 25.7 Å². The molecular formula is C9H23ClN2. The topological polar surface area (TPSA) is 38.0 Å². The fourth-order valence-corrected chi connectivity index (χ4v) is 1.13. The van der Waals surface area contributed by atoms with Gasteiger partial charge < -0.3 is 0 Å². The first-order valence-electron chi connectivity index (χ1n) is 4.35. The Morgan fingerprint density at radius 2 is 1.58 bits per heavy atom. The van der Waals surface area contributed by atoms with E-state index >= 15 is 0 Å². The van der Waals surface area contributed by atoms with Gasteiger partial charge in [-0.25, -0.2) is 0 Å². The largest absolute Gasteiger partial charge is 0.271 e. The maximum absolute atomic E-state index is 5.47. The number of nitrogens with one attached hydrogen (secondary N) is 1. The summed E-state index contributed by atoms with van der Waals surface area (Å²) in [4.78, 5) is 0. The van der Waals surface area contributed by atoms with Gasteiger partial charge in [0.1, 0.15) is 0 Å². The van der Waals surface area contributed by atoms with Crippen molar-refractivity contribution < 1.29 is 0 Å². The third-order valence-electron chi connectivity index (χ3n) is 2.93. The molecule has 0 aliphatic heterocycles. The summed E-state index contributed by atoms with van der Waals surface area (Å²) in [6.07, 6.45) is 2.41. The monoisotopic (exact) mass is 194 g/mol. The van der Waals surface area contributed by atoms with Gasteiger partial charge in [0.05, 0.1) is 0 Å². The minimum atomic E-state index is 0. The van der Waals surface area contributed by atoms with Gasteiger partial charge in [0.15, 0.2) is 0 Å². The van der Waals surface area contributed by atoms with Crippen molar-refractivity contribution in [2.24, 2.45) is 11.3 Å². The zero-order valence-electron chi connectivity index (χ0n) is 8.90. The molecular weight excluding hydrogens is 172 g/mol. The lowest BCUT2D eigenvalue weighted by Gasteiger charge is -2.41. The highest BCUT2D eigenvalue weighted by atomic mass is 35.5. The minimum Gasteiger partial charge on any atom is -0.271 e. The van der Waals surface area contributed by atoms with Crippen LogP contribution in [0.15, 0.2) is 0 Å². The lowest BCUT2D eigenvalue weighted by molar-refractivity contribution is 0.141. The summed E-state index contributed by atoms with van der Waals surface area (Å²) in [5.74, 6) is 5.47. The van der Waals surface area contributed by atoms with Crippen LogP contribution in [0.25, 0.3) is 0 Å². The first-order valence-corrected chi connectivity index (χ1v) is 4.35. The molecule has 0 aromatic heterocycles. The van der Waals surface area contributed by atoms with Crippen LogP contribution in [0.2, 0.25) is 0 Å². The van der Waals surface area contributed by atoms with E-state index in [1.807, 2.05) is 0 Å². The molecule has 0 aliphatic carbocycles. The van der Waals surface area contributed by atoms with Crippen molar-refractivity contribution in [2.75, 3.05) is 0 Å².